The van der Waals surface area contributed by atoms with Gasteiger partial charge in [0.1, 0.15) is 5.76 Å². The van der Waals surface area contributed by atoms with E-state index in [1.165, 1.54) is 0 Å². The summed E-state index contributed by atoms with van der Waals surface area (Å²) in [5.41, 5.74) is 2.77. The summed E-state index contributed by atoms with van der Waals surface area (Å²) in [5.74, 6) is 0.894. The summed E-state index contributed by atoms with van der Waals surface area (Å²) in [6.45, 7) is 6.49. The minimum absolute atomic E-state index is 0.0746. The van der Waals surface area contributed by atoms with Gasteiger partial charge in [-0.05, 0) is 25.5 Å². The maximum Gasteiger partial charge on any atom is 0.228 e. The molecule has 0 bridgehead atoms. The number of oxazole rings is 1. The number of aromatic nitrogens is 1. The third kappa shape index (κ3) is 3.27. The van der Waals surface area contributed by atoms with Crippen molar-refractivity contribution in [1.29, 1.82) is 0 Å². The number of aryl methyl sites for hydroxylation is 2. The van der Waals surface area contributed by atoms with Crippen molar-refractivity contribution < 1.29 is 18.7 Å². The highest BCUT2D eigenvalue weighted by molar-refractivity contribution is 5.79. The molecule has 0 saturated carbocycles. The normalized spacial score (nSPS) is 19.2. The van der Waals surface area contributed by atoms with E-state index in [0.717, 1.165) is 24.0 Å². The number of likely N-dealkylation sites (tertiary alicyclic amines) is 1. The molecule has 2 fully saturated rings. The van der Waals surface area contributed by atoms with Crippen LogP contribution in [0.15, 0.2) is 28.7 Å². The molecule has 0 N–H and O–H groups in total. The molecule has 1 aromatic carbocycles. The molecule has 0 atom stereocenters. The topological polar surface area (TPSA) is 64.8 Å². The van der Waals surface area contributed by atoms with Crippen LogP contribution in [0.5, 0.6) is 0 Å². The maximum absolute atomic E-state index is 12.7. The van der Waals surface area contributed by atoms with Gasteiger partial charge in [-0.1, -0.05) is 18.2 Å². The van der Waals surface area contributed by atoms with Crippen LogP contribution < -0.4 is 0 Å². The van der Waals surface area contributed by atoms with Crippen LogP contribution in [0.3, 0.4) is 0 Å². The van der Waals surface area contributed by atoms with E-state index < -0.39 is 5.79 Å². The lowest BCUT2D eigenvalue weighted by atomic mass is 10.0. The number of amides is 1. The van der Waals surface area contributed by atoms with E-state index in [9.17, 15) is 4.79 Å². The third-order valence-electron chi connectivity index (χ3n) is 5.28. The summed E-state index contributed by atoms with van der Waals surface area (Å²) in [6.07, 6.45) is 1.71. The first-order chi connectivity index (χ1) is 12.6. The molecule has 2 saturated heterocycles. The predicted octanol–water partition coefficient (Wildman–Crippen LogP) is 2.87. The van der Waals surface area contributed by atoms with Crippen molar-refractivity contribution in [3.63, 3.8) is 0 Å². The van der Waals surface area contributed by atoms with Gasteiger partial charge in [0.05, 0.1) is 25.3 Å². The van der Waals surface area contributed by atoms with Crippen LogP contribution >= 0.6 is 0 Å². The molecule has 2 aromatic rings. The Labute approximate surface area is 153 Å². The fraction of sp³-hybridized carbons (Fsp3) is 0.500. The highest BCUT2D eigenvalue weighted by Crippen LogP contribution is 2.31. The standard InChI is InChI=1S/C20H24N2O4/c1-14-5-3-4-6-16(14)19-21-17(15(2)26-19)13-18(23)22-9-7-20(8-10-22)24-11-12-25-20/h3-6H,7-13H2,1-2H3. The monoisotopic (exact) mass is 356 g/mol. The molecule has 3 heterocycles. The molecule has 0 unspecified atom stereocenters. The van der Waals surface area contributed by atoms with Crippen molar-refractivity contribution in [2.75, 3.05) is 26.3 Å². The van der Waals surface area contributed by atoms with Crippen molar-refractivity contribution in [3.8, 4) is 11.5 Å². The summed E-state index contributed by atoms with van der Waals surface area (Å²) in [6, 6.07) is 7.96. The highest BCUT2D eigenvalue weighted by atomic mass is 16.7. The first-order valence-electron chi connectivity index (χ1n) is 9.14. The Morgan fingerprint density at radius 2 is 1.85 bits per heavy atom. The summed E-state index contributed by atoms with van der Waals surface area (Å²) < 4.78 is 17.3. The smallest absolute Gasteiger partial charge is 0.228 e. The Kier molecular flexibility index (Phi) is 4.54. The van der Waals surface area contributed by atoms with Crippen LogP contribution in [-0.4, -0.2) is 47.9 Å². The Morgan fingerprint density at radius 1 is 1.15 bits per heavy atom. The van der Waals surface area contributed by atoms with E-state index in [-0.39, 0.29) is 12.3 Å². The van der Waals surface area contributed by atoms with Crippen molar-refractivity contribution in [1.82, 2.24) is 9.88 Å². The molecule has 6 heteroatoms. The number of hydrogen-bond donors (Lipinski definition) is 0. The lowest BCUT2D eigenvalue weighted by Gasteiger charge is -2.37. The number of carbonyl (C=O) groups is 1. The van der Waals surface area contributed by atoms with Crippen molar-refractivity contribution in [3.05, 3.63) is 41.3 Å². The van der Waals surface area contributed by atoms with Crippen molar-refractivity contribution in [2.45, 2.75) is 38.9 Å². The van der Waals surface area contributed by atoms with E-state index in [0.29, 0.717) is 43.6 Å². The van der Waals surface area contributed by atoms with Gasteiger partial charge < -0.3 is 18.8 Å². The predicted molar refractivity (Wildman–Crippen MR) is 95.6 cm³/mol. The van der Waals surface area contributed by atoms with Crippen LogP contribution in [0.25, 0.3) is 11.5 Å². The molecule has 0 aliphatic carbocycles. The van der Waals surface area contributed by atoms with E-state index in [2.05, 4.69) is 4.98 Å². The van der Waals surface area contributed by atoms with E-state index in [1.807, 2.05) is 43.0 Å². The average Bonchev–Trinajstić information content (AvgIpc) is 3.23. The number of ether oxygens (including phenoxy) is 2. The SMILES string of the molecule is Cc1ccccc1-c1nc(CC(=O)N2CCC3(CC2)OCCO3)c(C)o1. The zero-order valence-corrected chi connectivity index (χ0v) is 15.3. The lowest BCUT2D eigenvalue weighted by Crippen LogP contribution is -2.47. The van der Waals surface area contributed by atoms with Crippen LogP contribution in [-0.2, 0) is 20.7 Å². The summed E-state index contributed by atoms with van der Waals surface area (Å²) >= 11 is 0. The first kappa shape index (κ1) is 17.2. The Morgan fingerprint density at radius 3 is 2.54 bits per heavy atom. The number of benzene rings is 1. The number of nitrogens with zero attached hydrogens (tertiary/aromatic N) is 2. The molecular weight excluding hydrogens is 332 g/mol. The molecule has 138 valence electrons. The molecule has 2 aliphatic rings. The van der Waals surface area contributed by atoms with E-state index >= 15 is 0 Å². The molecule has 6 nitrogen and oxygen atoms in total. The minimum Gasteiger partial charge on any atom is -0.441 e. The molecule has 1 aromatic heterocycles. The van der Waals surface area contributed by atoms with Gasteiger partial charge in [0.15, 0.2) is 5.79 Å². The largest absolute Gasteiger partial charge is 0.441 e. The average molecular weight is 356 g/mol. The number of hydrogen-bond acceptors (Lipinski definition) is 5. The molecule has 1 amide bonds. The van der Waals surface area contributed by atoms with Crippen LogP contribution in [0.2, 0.25) is 0 Å². The molecule has 0 radical (unpaired) electrons. The zero-order chi connectivity index (χ0) is 18.1. The van der Waals surface area contributed by atoms with Crippen LogP contribution in [0.1, 0.15) is 29.9 Å². The molecule has 2 aliphatic heterocycles. The summed E-state index contributed by atoms with van der Waals surface area (Å²) in [5, 5.41) is 0. The minimum atomic E-state index is -0.460. The van der Waals surface area contributed by atoms with Crippen molar-refractivity contribution >= 4 is 5.91 Å². The van der Waals surface area contributed by atoms with Gasteiger partial charge in [-0.3, -0.25) is 4.79 Å². The fourth-order valence-corrected chi connectivity index (χ4v) is 3.66. The fourth-order valence-electron chi connectivity index (χ4n) is 3.66. The van der Waals surface area contributed by atoms with Crippen LogP contribution in [0, 0.1) is 13.8 Å². The Balaban J connectivity index is 1.43. The first-order valence-corrected chi connectivity index (χ1v) is 9.14. The number of rotatable bonds is 3. The number of carbonyl (C=O) groups excluding carboxylic acids is 1. The van der Waals surface area contributed by atoms with Gasteiger partial charge in [-0.2, -0.15) is 0 Å². The molecule has 26 heavy (non-hydrogen) atoms. The summed E-state index contributed by atoms with van der Waals surface area (Å²) in [7, 11) is 0. The maximum atomic E-state index is 12.7. The van der Waals surface area contributed by atoms with Gasteiger partial charge in [0.2, 0.25) is 11.8 Å². The summed E-state index contributed by atoms with van der Waals surface area (Å²) in [4.78, 5) is 19.2. The van der Waals surface area contributed by atoms with Gasteiger partial charge in [0.25, 0.3) is 0 Å². The van der Waals surface area contributed by atoms with E-state index in [1.54, 1.807) is 0 Å². The lowest BCUT2D eigenvalue weighted by molar-refractivity contribution is -0.187. The Hall–Kier alpha value is -2.18. The van der Waals surface area contributed by atoms with Gasteiger partial charge in [0, 0.05) is 31.5 Å². The van der Waals surface area contributed by atoms with Crippen molar-refractivity contribution in [2.24, 2.45) is 0 Å². The quantitative estimate of drug-likeness (QED) is 0.846. The number of piperidine rings is 1. The molecule has 4 rings (SSSR count). The van der Waals surface area contributed by atoms with E-state index in [4.69, 9.17) is 13.9 Å². The second kappa shape index (κ2) is 6.85. The van der Waals surface area contributed by atoms with Crippen LogP contribution in [0.4, 0.5) is 0 Å². The van der Waals surface area contributed by atoms with Gasteiger partial charge in [-0.15, -0.1) is 0 Å². The van der Waals surface area contributed by atoms with Gasteiger partial charge >= 0.3 is 0 Å². The molecular formula is C20H24N2O4. The second-order valence-corrected chi connectivity index (χ2v) is 7.00. The zero-order valence-electron chi connectivity index (χ0n) is 15.3. The molecule has 1 spiro atoms. The highest BCUT2D eigenvalue weighted by Gasteiger charge is 2.40. The Bertz CT molecular complexity index is 798. The second-order valence-electron chi connectivity index (χ2n) is 7.00. The van der Waals surface area contributed by atoms with Gasteiger partial charge in [-0.25, -0.2) is 4.98 Å². The third-order valence-corrected chi connectivity index (χ3v) is 5.28.